The quantitative estimate of drug-likeness (QED) is 0.819. The first-order valence-electron chi connectivity index (χ1n) is 7.37. The first kappa shape index (κ1) is 17.2. The van der Waals surface area contributed by atoms with E-state index in [2.05, 4.69) is 28.1 Å². The van der Waals surface area contributed by atoms with Gasteiger partial charge in [-0.25, -0.2) is 13.6 Å². The average Bonchev–Trinajstić information content (AvgIpc) is 2.87. The van der Waals surface area contributed by atoms with Gasteiger partial charge in [0.25, 0.3) is 15.9 Å². The summed E-state index contributed by atoms with van der Waals surface area (Å²) in [4.78, 5) is 14.5. The minimum Gasteiger partial charge on any atom is -0.448 e. The first-order chi connectivity index (χ1) is 11.2. The molecule has 2 heterocycles. The number of aryl methyl sites for hydroxylation is 2. The zero-order valence-electron chi connectivity index (χ0n) is 13.3. The Hall–Kier alpha value is -1.64. The molecule has 0 spiro atoms. The predicted octanol–water partition coefficient (Wildman–Crippen LogP) is 2.50. The zero-order valence-corrected chi connectivity index (χ0v) is 15.7. The van der Waals surface area contributed by atoms with Gasteiger partial charge in [-0.3, -0.25) is 4.79 Å². The van der Waals surface area contributed by atoms with E-state index in [-0.39, 0.29) is 22.3 Å². The van der Waals surface area contributed by atoms with Gasteiger partial charge in [-0.15, -0.1) is 0 Å². The third-order valence-electron chi connectivity index (χ3n) is 4.12. The fourth-order valence-corrected chi connectivity index (χ4v) is 4.28. The molecule has 1 amide bonds. The van der Waals surface area contributed by atoms with Crippen molar-refractivity contribution in [1.29, 1.82) is 0 Å². The smallest absolute Gasteiger partial charge is 0.271 e. The fourth-order valence-electron chi connectivity index (χ4n) is 2.95. The number of nitrogens with zero attached hydrogens (tertiary/aromatic N) is 1. The van der Waals surface area contributed by atoms with Crippen molar-refractivity contribution in [3.63, 3.8) is 0 Å². The van der Waals surface area contributed by atoms with Gasteiger partial charge in [-0.1, -0.05) is 22.0 Å². The number of carbonyl (C=O) groups excluding carboxylic acids is 1. The second kappa shape index (κ2) is 6.02. The lowest BCUT2D eigenvalue weighted by molar-refractivity contribution is 0.0732. The molecule has 0 atom stereocenters. The normalized spacial score (nSPS) is 14.6. The highest BCUT2D eigenvalue weighted by molar-refractivity contribution is 9.10. The number of amides is 1. The van der Waals surface area contributed by atoms with E-state index in [1.165, 1.54) is 11.6 Å². The van der Waals surface area contributed by atoms with E-state index in [0.717, 1.165) is 22.0 Å². The number of halogens is 1. The number of hydrogen-bond acceptors (Lipinski definition) is 4. The molecule has 6 nitrogen and oxygen atoms in total. The number of sulfonamides is 1. The number of carbonyl (C=O) groups is 1. The van der Waals surface area contributed by atoms with E-state index in [9.17, 15) is 13.2 Å². The number of hydrogen-bond donors (Lipinski definition) is 1. The number of fused-ring (bicyclic) bond motifs is 1. The first-order valence-corrected chi connectivity index (χ1v) is 9.71. The summed E-state index contributed by atoms with van der Waals surface area (Å²) < 4.78 is 29.0. The minimum atomic E-state index is -3.97. The van der Waals surface area contributed by atoms with Crippen LogP contribution < -0.4 is 5.14 Å². The Morgan fingerprint density at radius 2 is 2.00 bits per heavy atom. The van der Waals surface area contributed by atoms with E-state index in [1.807, 2.05) is 6.92 Å². The van der Waals surface area contributed by atoms with E-state index in [4.69, 9.17) is 9.56 Å². The molecule has 0 fully saturated rings. The molecule has 0 aliphatic carbocycles. The second-order valence-corrected chi connectivity index (χ2v) is 8.29. The summed E-state index contributed by atoms with van der Waals surface area (Å²) >= 11 is 3.57. The number of benzene rings is 1. The Bertz CT molecular complexity index is 934. The van der Waals surface area contributed by atoms with Crippen molar-refractivity contribution >= 4 is 31.9 Å². The van der Waals surface area contributed by atoms with Crippen molar-refractivity contribution in [3.05, 3.63) is 50.7 Å². The van der Waals surface area contributed by atoms with Crippen molar-refractivity contribution in [2.24, 2.45) is 5.14 Å². The van der Waals surface area contributed by atoms with Crippen LogP contribution in [0.1, 0.15) is 32.8 Å². The van der Waals surface area contributed by atoms with Crippen LogP contribution in [-0.4, -0.2) is 25.8 Å². The van der Waals surface area contributed by atoms with Gasteiger partial charge in [0.05, 0.1) is 5.56 Å². The van der Waals surface area contributed by atoms with Gasteiger partial charge >= 0.3 is 0 Å². The summed E-state index contributed by atoms with van der Waals surface area (Å²) in [6, 6.07) is 5.33. The second-order valence-electron chi connectivity index (χ2n) is 5.94. The van der Waals surface area contributed by atoms with Crippen LogP contribution in [0.2, 0.25) is 0 Å². The van der Waals surface area contributed by atoms with E-state index >= 15 is 0 Å². The monoisotopic (exact) mass is 412 g/mol. The van der Waals surface area contributed by atoms with Gasteiger partial charge in [0.2, 0.25) is 5.09 Å². The van der Waals surface area contributed by atoms with Gasteiger partial charge in [-0.05, 0) is 43.0 Å². The van der Waals surface area contributed by atoms with Crippen LogP contribution in [0.15, 0.2) is 32.2 Å². The number of rotatable bonds is 2. The van der Waals surface area contributed by atoms with Gasteiger partial charge < -0.3 is 9.32 Å². The largest absolute Gasteiger partial charge is 0.448 e. The van der Waals surface area contributed by atoms with Crippen LogP contribution in [0.3, 0.4) is 0 Å². The number of nitrogens with two attached hydrogens (primary N) is 1. The van der Waals surface area contributed by atoms with E-state index in [0.29, 0.717) is 13.1 Å². The molecule has 0 unspecified atom stereocenters. The standard InChI is InChI=1S/C16H17BrN2O4S/c1-9-5-11-8-19(4-3-12(11)14(17)6-9)16(20)13-7-15(23-10(13)2)24(18,21)22/h5-7H,3-4,8H2,1-2H3,(H2,18,21,22). The van der Waals surface area contributed by atoms with Gasteiger partial charge in [0.1, 0.15) is 5.76 Å². The summed E-state index contributed by atoms with van der Waals surface area (Å²) in [5.74, 6) is -0.00493. The highest BCUT2D eigenvalue weighted by Crippen LogP contribution is 2.29. The molecule has 8 heteroatoms. The Kier molecular flexibility index (Phi) is 4.31. The van der Waals surface area contributed by atoms with Crippen molar-refractivity contribution < 1.29 is 17.6 Å². The lowest BCUT2D eigenvalue weighted by Gasteiger charge is -2.29. The zero-order chi connectivity index (χ0) is 17.6. The summed E-state index contributed by atoms with van der Waals surface area (Å²) in [7, 11) is -3.97. The Labute approximate surface area is 148 Å². The molecule has 0 radical (unpaired) electrons. The maximum atomic E-state index is 12.8. The molecule has 3 rings (SSSR count). The molecule has 0 bridgehead atoms. The van der Waals surface area contributed by atoms with E-state index < -0.39 is 10.0 Å². The van der Waals surface area contributed by atoms with Crippen molar-refractivity contribution in [2.75, 3.05) is 6.54 Å². The molecule has 1 aromatic heterocycles. The molecule has 0 saturated heterocycles. The Morgan fingerprint density at radius 3 is 2.62 bits per heavy atom. The number of primary sulfonamides is 1. The van der Waals surface area contributed by atoms with Crippen LogP contribution in [0.5, 0.6) is 0 Å². The van der Waals surface area contributed by atoms with Crippen LogP contribution in [-0.2, 0) is 23.0 Å². The van der Waals surface area contributed by atoms with Crippen LogP contribution >= 0.6 is 15.9 Å². The molecule has 1 aliphatic heterocycles. The minimum absolute atomic E-state index is 0.231. The third kappa shape index (κ3) is 3.13. The van der Waals surface area contributed by atoms with Crippen LogP contribution in [0, 0.1) is 13.8 Å². The van der Waals surface area contributed by atoms with Crippen LogP contribution in [0.4, 0.5) is 0 Å². The van der Waals surface area contributed by atoms with Gasteiger partial charge in [0, 0.05) is 23.6 Å². The van der Waals surface area contributed by atoms with Crippen molar-refractivity contribution in [2.45, 2.75) is 31.9 Å². The van der Waals surface area contributed by atoms with Crippen LogP contribution in [0.25, 0.3) is 0 Å². The molecule has 128 valence electrons. The maximum Gasteiger partial charge on any atom is 0.271 e. The summed E-state index contributed by atoms with van der Waals surface area (Å²) in [6.07, 6.45) is 0.737. The topological polar surface area (TPSA) is 93.6 Å². The summed E-state index contributed by atoms with van der Waals surface area (Å²) in [5, 5.41) is 4.67. The lowest BCUT2D eigenvalue weighted by Crippen LogP contribution is -2.36. The molecular weight excluding hydrogens is 396 g/mol. The SMILES string of the molecule is Cc1cc(Br)c2c(c1)CN(C(=O)c1cc(S(N)(=O)=O)oc1C)CC2. The molecule has 1 aromatic carbocycles. The highest BCUT2D eigenvalue weighted by Gasteiger charge is 2.27. The average molecular weight is 413 g/mol. The number of furan rings is 1. The third-order valence-corrected chi connectivity index (χ3v) is 5.59. The van der Waals surface area contributed by atoms with Crippen molar-refractivity contribution in [3.8, 4) is 0 Å². The van der Waals surface area contributed by atoms with E-state index in [1.54, 1.807) is 11.8 Å². The summed E-state index contributed by atoms with van der Waals surface area (Å²) in [5.41, 5.74) is 3.65. The lowest BCUT2D eigenvalue weighted by atomic mass is 9.97. The summed E-state index contributed by atoms with van der Waals surface area (Å²) in [6.45, 7) is 4.59. The molecule has 1 aliphatic rings. The van der Waals surface area contributed by atoms with Gasteiger partial charge in [-0.2, -0.15) is 0 Å². The molecule has 24 heavy (non-hydrogen) atoms. The predicted molar refractivity (Wildman–Crippen MR) is 92.1 cm³/mol. The molecule has 2 N–H and O–H groups in total. The van der Waals surface area contributed by atoms with Gasteiger partial charge in [0.15, 0.2) is 0 Å². The fraction of sp³-hybridized carbons (Fsp3) is 0.312. The Balaban J connectivity index is 1.91. The molecule has 2 aromatic rings. The maximum absolute atomic E-state index is 12.8. The molecular formula is C16H17BrN2O4S. The highest BCUT2D eigenvalue weighted by atomic mass is 79.9. The van der Waals surface area contributed by atoms with Crippen molar-refractivity contribution in [1.82, 2.24) is 4.90 Å². The Morgan fingerprint density at radius 1 is 1.29 bits per heavy atom. The molecule has 0 saturated carbocycles.